The summed E-state index contributed by atoms with van der Waals surface area (Å²) < 4.78 is 12.9. The molecule has 1 fully saturated rings. The van der Waals surface area contributed by atoms with Crippen molar-refractivity contribution in [3.05, 3.63) is 35.6 Å². The Kier molecular flexibility index (Phi) is 5.52. The lowest BCUT2D eigenvalue weighted by Crippen LogP contribution is -2.44. The normalized spacial score (nSPS) is 17.1. The molecular weight excluding hydrogens is 283 g/mol. The Morgan fingerprint density at radius 3 is 2.41 bits per heavy atom. The van der Waals surface area contributed by atoms with E-state index < -0.39 is 0 Å². The van der Waals surface area contributed by atoms with Gasteiger partial charge in [-0.2, -0.15) is 0 Å². The first-order chi connectivity index (χ1) is 10.5. The average molecular weight is 306 g/mol. The number of amides is 2. The summed E-state index contributed by atoms with van der Waals surface area (Å²) in [5, 5.41) is 3.00. The van der Waals surface area contributed by atoms with Crippen LogP contribution in [0.15, 0.2) is 24.3 Å². The van der Waals surface area contributed by atoms with Gasteiger partial charge in [0.2, 0.25) is 5.91 Å². The Bertz CT molecular complexity index is 522. The van der Waals surface area contributed by atoms with Crippen molar-refractivity contribution in [2.45, 2.75) is 39.2 Å². The summed E-state index contributed by atoms with van der Waals surface area (Å²) in [6.07, 6.45) is 2.26. The molecule has 0 spiro atoms. The lowest BCUT2D eigenvalue weighted by Gasteiger charge is -2.32. The maximum absolute atomic E-state index is 12.9. The van der Waals surface area contributed by atoms with Crippen molar-refractivity contribution in [2.24, 2.45) is 5.92 Å². The van der Waals surface area contributed by atoms with Crippen molar-refractivity contribution in [1.29, 1.82) is 0 Å². The van der Waals surface area contributed by atoms with Crippen LogP contribution in [-0.4, -0.2) is 35.8 Å². The predicted molar refractivity (Wildman–Crippen MR) is 82.9 cm³/mol. The SMILES string of the molecule is CC[C@@H](C)NC(=O)C1CCN(C(=O)c2ccc(F)cc2)CC1. The summed E-state index contributed by atoms with van der Waals surface area (Å²) in [6, 6.07) is 5.77. The number of nitrogens with zero attached hydrogens (tertiary/aromatic N) is 1. The molecule has 1 saturated heterocycles. The van der Waals surface area contributed by atoms with E-state index in [1.54, 1.807) is 4.90 Å². The third kappa shape index (κ3) is 4.06. The van der Waals surface area contributed by atoms with Crippen LogP contribution in [0.4, 0.5) is 4.39 Å². The van der Waals surface area contributed by atoms with Crippen molar-refractivity contribution in [2.75, 3.05) is 13.1 Å². The third-order valence-corrected chi connectivity index (χ3v) is 4.25. The fourth-order valence-electron chi connectivity index (χ4n) is 2.58. The summed E-state index contributed by atoms with van der Waals surface area (Å²) in [6.45, 7) is 5.16. The summed E-state index contributed by atoms with van der Waals surface area (Å²) in [5.74, 6) is -0.382. The predicted octanol–water partition coefficient (Wildman–Crippen LogP) is 2.59. The molecule has 2 rings (SSSR count). The van der Waals surface area contributed by atoms with Gasteiger partial charge >= 0.3 is 0 Å². The van der Waals surface area contributed by atoms with Crippen molar-refractivity contribution in [3.63, 3.8) is 0 Å². The molecule has 0 unspecified atom stereocenters. The van der Waals surface area contributed by atoms with Crippen molar-refractivity contribution < 1.29 is 14.0 Å². The first-order valence-corrected chi connectivity index (χ1v) is 7.86. The molecule has 22 heavy (non-hydrogen) atoms. The number of halogens is 1. The molecule has 0 bridgehead atoms. The topological polar surface area (TPSA) is 49.4 Å². The van der Waals surface area contributed by atoms with Crippen LogP contribution in [0, 0.1) is 11.7 Å². The molecule has 2 amide bonds. The fourth-order valence-corrected chi connectivity index (χ4v) is 2.58. The molecule has 1 atom stereocenters. The highest BCUT2D eigenvalue weighted by molar-refractivity contribution is 5.94. The van der Waals surface area contributed by atoms with Crippen LogP contribution in [0.25, 0.3) is 0 Å². The highest BCUT2D eigenvalue weighted by Crippen LogP contribution is 2.19. The van der Waals surface area contributed by atoms with Crippen molar-refractivity contribution in [1.82, 2.24) is 10.2 Å². The van der Waals surface area contributed by atoms with Crippen LogP contribution in [-0.2, 0) is 4.79 Å². The zero-order valence-corrected chi connectivity index (χ0v) is 13.1. The number of rotatable bonds is 4. The third-order valence-electron chi connectivity index (χ3n) is 4.25. The number of carbonyl (C=O) groups excluding carboxylic acids is 2. The second-order valence-electron chi connectivity index (χ2n) is 5.89. The average Bonchev–Trinajstić information content (AvgIpc) is 2.55. The van der Waals surface area contributed by atoms with E-state index in [0.717, 1.165) is 6.42 Å². The minimum atomic E-state index is -0.350. The molecule has 0 aromatic heterocycles. The molecule has 1 aromatic rings. The highest BCUT2D eigenvalue weighted by atomic mass is 19.1. The van der Waals surface area contributed by atoms with E-state index >= 15 is 0 Å². The van der Waals surface area contributed by atoms with Crippen LogP contribution in [0.5, 0.6) is 0 Å². The molecule has 5 heteroatoms. The summed E-state index contributed by atoms with van der Waals surface area (Å²) in [4.78, 5) is 26.1. The van der Waals surface area contributed by atoms with Gasteiger partial charge in [0.1, 0.15) is 5.82 Å². The molecule has 1 aliphatic heterocycles. The minimum absolute atomic E-state index is 0.0220. The highest BCUT2D eigenvalue weighted by Gasteiger charge is 2.28. The molecule has 1 aliphatic rings. The molecule has 0 aliphatic carbocycles. The minimum Gasteiger partial charge on any atom is -0.353 e. The maximum Gasteiger partial charge on any atom is 0.253 e. The van der Waals surface area contributed by atoms with Gasteiger partial charge in [0, 0.05) is 30.6 Å². The number of piperidine rings is 1. The van der Waals surface area contributed by atoms with Crippen LogP contribution >= 0.6 is 0 Å². The second-order valence-corrected chi connectivity index (χ2v) is 5.89. The van der Waals surface area contributed by atoms with Gasteiger partial charge in [-0.1, -0.05) is 6.92 Å². The molecule has 4 nitrogen and oxygen atoms in total. The molecule has 1 heterocycles. The van der Waals surface area contributed by atoms with Gasteiger partial charge in [0.05, 0.1) is 0 Å². The summed E-state index contributed by atoms with van der Waals surface area (Å²) >= 11 is 0. The van der Waals surface area contributed by atoms with Gasteiger partial charge in [-0.25, -0.2) is 4.39 Å². The van der Waals surface area contributed by atoms with Crippen molar-refractivity contribution >= 4 is 11.8 Å². The first kappa shape index (κ1) is 16.5. The number of likely N-dealkylation sites (tertiary alicyclic amines) is 1. The number of hydrogen-bond donors (Lipinski definition) is 1. The molecule has 0 radical (unpaired) electrons. The number of benzene rings is 1. The molecule has 120 valence electrons. The quantitative estimate of drug-likeness (QED) is 0.929. The van der Waals surface area contributed by atoms with Gasteiger partial charge < -0.3 is 10.2 Å². The molecule has 1 N–H and O–H groups in total. The molecule has 1 aromatic carbocycles. The lowest BCUT2D eigenvalue weighted by atomic mass is 9.95. The lowest BCUT2D eigenvalue weighted by molar-refractivity contribution is -0.126. The van der Waals surface area contributed by atoms with E-state index in [1.807, 2.05) is 13.8 Å². The Balaban J connectivity index is 1.87. The van der Waals surface area contributed by atoms with Gasteiger partial charge in [-0.05, 0) is 50.5 Å². The zero-order chi connectivity index (χ0) is 16.1. The Morgan fingerprint density at radius 1 is 1.27 bits per heavy atom. The number of nitrogens with one attached hydrogen (secondary N) is 1. The van der Waals surface area contributed by atoms with Crippen molar-refractivity contribution in [3.8, 4) is 0 Å². The fraction of sp³-hybridized carbons (Fsp3) is 0.529. The number of carbonyl (C=O) groups is 2. The maximum atomic E-state index is 12.9. The second kappa shape index (κ2) is 7.38. The van der Waals surface area contributed by atoms with Gasteiger partial charge in [0.25, 0.3) is 5.91 Å². The Hall–Kier alpha value is -1.91. The molecular formula is C17H23FN2O2. The standard InChI is InChI=1S/C17H23FN2O2/c1-3-12(2)19-16(21)13-8-10-20(11-9-13)17(22)14-4-6-15(18)7-5-14/h4-7,12-13H,3,8-11H2,1-2H3,(H,19,21)/t12-/m1/s1. The van der Waals surface area contributed by atoms with Crippen LogP contribution in [0.1, 0.15) is 43.5 Å². The van der Waals surface area contributed by atoms with E-state index in [-0.39, 0.29) is 29.6 Å². The summed E-state index contributed by atoms with van der Waals surface area (Å²) in [7, 11) is 0. The van der Waals surface area contributed by atoms with Crippen LogP contribution < -0.4 is 5.32 Å². The first-order valence-electron chi connectivity index (χ1n) is 7.86. The van der Waals surface area contributed by atoms with E-state index in [0.29, 0.717) is 31.5 Å². The van der Waals surface area contributed by atoms with Crippen LogP contribution in [0.3, 0.4) is 0 Å². The molecule has 0 saturated carbocycles. The zero-order valence-electron chi connectivity index (χ0n) is 13.1. The largest absolute Gasteiger partial charge is 0.353 e. The Morgan fingerprint density at radius 2 is 1.86 bits per heavy atom. The van der Waals surface area contributed by atoms with E-state index in [4.69, 9.17) is 0 Å². The van der Waals surface area contributed by atoms with E-state index in [9.17, 15) is 14.0 Å². The van der Waals surface area contributed by atoms with Gasteiger partial charge in [0.15, 0.2) is 0 Å². The monoisotopic (exact) mass is 306 g/mol. The number of hydrogen-bond acceptors (Lipinski definition) is 2. The summed E-state index contributed by atoms with van der Waals surface area (Å²) in [5.41, 5.74) is 0.490. The van der Waals surface area contributed by atoms with Gasteiger partial charge in [-0.15, -0.1) is 0 Å². The van der Waals surface area contributed by atoms with Crippen LogP contribution in [0.2, 0.25) is 0 Å². The Labute approximate surface area is 130 Å². The smallest absolute Gasteiger partial charge is 0.253 e. The van der Waals surface area contributed by atoms with Gasteiger partial charge in [-0.3, -0.25) is 9.59 Å². The van der Waals surface area contributed by atoms with E-state index in [2.05, 4.69) is 5.32 Å². The van der Waals surface area contributed by atoms with E-state index in [1.165, 1.54) is 24.3 Å².